The third kappa shape index (κ3) is 4.24. The third-order valence-corrected chi connectivity index (χ3v) is 8.66. The number of hydrogen-bond acceptors (Lipinski definition) is 5. The van der Waals surface area contributed by atoms with E-state index < -0.39 is 10.0 Å². The van der Waals surface area contributed by atoms with Crippen LogP contribution in [0.2, 0.25) is 0 Å². The van der Waals surface area contributed by atoms with Crippen LogP contribution in [0.5, 0.6) is 0 Å². The van der Waals surface area contributed by atoms with E-state index in [9.17, 15) is 13.2 Å². The molecular formula is C17H27N3O3S2. The maximum Gasteiger partial charge on any atom is 0.252 e. The maximum absolute atomic E-state index is 12.7. The van der Waals surface area contributed by atoms with Gasteiger partial charge in [0.05, 0.1) is 12.0 Å². The number of piperidine rings is 1. The number of amides is 1. The average molecular weight is 386 g/mol. The fraction of sp³-hybridized carbons (Fsp3) is 0.706. The molecule has 2 fully saturated rings. The molecule has 1 aromatic rings. The molecule has 1 aromatic heterocycles. The summed E-state index contributed by atoms with van der Waals surface area (Å²) in [5, 5.41) is 3.05. The first-order chi connectivity index (χ1) is 11.8. The van der Waals surface area contributed by atoms with Crippen molar-refractivity contribution in [2.75, 3.05) is 19.6 Å². The molecule has 0 spiro atoms. The monoisotopic (exact) mass is 385 g/mol. The highest BCUT2D eigenvalue weighted by molar-refractivity contribution is 7.91. The summed E-state index contributed by atoms with van der Waals surface area (Å²) in [5.74, 6) is 0.364. The minimum atomic E-state index is -3.42. The molecule has 25 heavy (non-hydrogen) atoms. The Balaban J connectivity index is 1.64. The lowest BCUT2D eigenvalue weighted by atomic mass is 9.96. The van der Waals surface area contributed by atoms with E-state index in [0.29, 0.717) is 29.8 Å². The molecule has 0 radical (unpaired) electrons. The predicted octanol–water partition coefficient (Wildman–Crippen LogP) is 1.71. The SMILES string of the molecule is CC(CN)(NC(=O)Cc1ccc(S(=O)(=O)N2CCCCC2)s1)C1CC1. The zero-order valence-corrected chi connectivity index (χ0v) is 16.3. The Bertz CT molecular complexity index is 721. The Kier molecular flexibility index (Phi) is 5.53. The van der Waals surface area contributed by atoms with Crippen LogP contribution < -0.4 is 11.1 Å². The summed E-state index contributed by atoms with van der Waals surface area (Å²) in [6.45, 7) is 3.59. The Morgan fingerprint density at radius 2 is 2.00 bits per heavy atom. The van der Waals surface area contributed by atoms with Crippen molar-refractivity contribution in [3.8, 4) is 0 Å². The van der Waals surface area contributed by atoms with Crippen molar-refractivity contribution < 1.29 is 13.2 Å². The second-order valence-corrected chi connectivity index (χ2v) is 10.6. The van der Waals surface area contributed by atoms with Crippen LogP contribution in [0.15, 0.2) is 16.3 Å². The summed E-state index contributed by atoms with van der Waals surface area (Å²) < 4.78 is 27.3. The van der Waals surface area contributed by atoms with Gasteiger partial charge < -0.3 is 11.1 Å². The number of sulfonamides is 1. The Hall–Kier alpha value is -0.960. The van der Waals surface area contributed by atoms with Gasteiger partial charge in [-0.1, -0.05) is 6.42 Å². The van der Waals surface area contributed by atoms with E-state index in [1.54, 1.807) is 16.4 Å². The first-order valence-corrected chi connectivity index (χ1v) is 11.2. The number of nitrogens with one attached hydrogen (secondary N) is 1. The van der Waals surface area contributed by atoms with Gasteiger partial charge in [-0.2, -0.15) is 4.31 Å². The molecule has 2 aliphatic rings. The first kappa shape index (κ1) is 18.8. The van der Waals surface area contributed by atoms with Gasteiger partial charge in [0.2, 0.25) is 5.91 Å². The number of nitrogens with zero attached hydrogens (tertiary/aromatic N) is 1. The number of carbonyl (C=O) groups is 1. The summed E-state index contributed by atoms with van der Waals surface area (Å²) in [7, 11) is -3.42. The molecule has 1 atom stereocenters. The third-order valence-electron chi connectivity index (χ3n) is 5.21. The number of thiophene rings is 1. The minimum Gasteiger partial charge on any atom is -0.349 e. The van der Waals surface area contributed by atoms with Crippen molar-refractivity contribution in [1.82, 2.24) is 9.62 Å². The van der Waals surface area contributed by atoms with Crippen LogP contribution in [0, 0.1) is 5.92 Å². The molecule has 0 aromatic carbocycles. The number of nitrogens with two attached hydrogens (primary N) is 1. The topological polar surface area (TPSA) is 92.5 Å². The van der Waals surface area contributed by atoms with E-state index in [4.69, 9.17) is 5.73 Å². The molecular weight excluding hydrogens is 358 g/mol. The van der Waals surface area contributed by atoms with Crippen LogP contribution in [0.3, 0.4) is 0 Å². The lowest BCUT2D eigenvalue weighted by Gasteiger charge is -2.29. The molecule has 8 heteroatoms. The van der Waals surface area contributed by atoms with E-state index >= 15 is 0 Å². The van der Waals surface area contributed by atoms with E-state index in [-0.39, 0.29) is 17.9 Å². The summed E-state index contributed by atoms with van der Waals surface area (Å²) in [5.41, 5.74) is 5.49. The van der Waals surface area contributed by atoms with Crippen LogP contribution >= 0.6 is 11.3 Å². The van der Waals surface area contributed by atoms with Gasteiger partial charge in [-0.15, -0.1) is 11.3 Å². The van der Waals surface area contributed by atoms with Crippen molar-refractivity contribution in [2.45, 2.75) is 55.2 Å². The van der Waals surface area contributed by atoms with Gasteiger partial charge in [0.15, 0.2) is 0 Å². The highest BCUT2D eigenvalue weighted by atomic mass is 32.2. The minimum absolute atomic E-state index is 0.0939. The predicted molar refractivity (Wildman–Crippen MR) is 99.0 cm³/mol. The highest BCUT2D eigenvalue weighted by Gasteiger charge is 2.41. The average Bonchev–Trinajstić information content (AvgIpc) is 3.36. The standard InChI is InChI=1S/C17H27N3O3S2/c1-17(12-18,13-5-6-13)19-15(21)11-14-7-8-16(24-14)25(22,23)20-9-3-2-4-10-20/h7-8,13H,2-6,9-12,18H2,1H3,(H,19,21). The number of carbonyl (C=O) groups excluding carboxylic acids is 1. The summed E-state index contributed by atoms with van der Waals surface area (Å²) in [4.78, 5) is 13.1. The zero-order chi connectivity index (χ0) is 18.1. The smallest absolute Gasteiger partial charge is 0.252 e. The molecule has 2 heterocycles. The molecule has 1 amide bonds. The van der Waals surface area contributed by atoms with E-state index in [2.05, 4.69) is 5.32 Å². The van der Waals surface area contributed by atoms with E-state index in [1.165, 1.54) is 11.3 Å². The second-order valence-electron chi connectivity index (χ2n) is 7.31. The molecule has 3 rings (SSSR count). The molecule has 1 saturated carbocycles. The fourth-order valence-electron chi connectivity index (χ4n) is 3.39. The molecule has 1 saturated heterocycles. The van der Waals surface area contributed by atoms with Gasteiger partial charge in [-0.25, -0.2) is 8.42 Å². The summed E-state index contributed by atoms with van der Waals surface area (Å²) in [6, 6.07) is 3.37. The van der Waals surface area contributed by atoms with Gasteiger partial charge in [0.1, 0.15) is 4.21 Å². The molecule has 1 unspecified atom stereocenters. The van der Waals surface area contributed by atoms with Crippen molar-refractivity contribution in [3.63, 3.8) is 0 Å². The zero-order valence-electron chi connectivity index (χ0n) is 14.7. The van der Waals surface area contributed by atoms with Gasteiger partial charge >= 0.3 is 0 Å². The van der Waals surface area contributed by atoms with Gasteiger partial charge in [-0.05, 0) is 50.7 Å². The lowest BCUT2D eigenvalue weighted by molar-refractivity contribution is -0.122. The highest BCUT2D eigenvalue weighted by Crippen LogP contribution is 2.39. The lowest BCUT2D eigenvalue weighted by Crippen LogP contribution is -2.53. The van der Waals surface area contributed by atoms with Gasteiger partial charge in [0, 0.05) is 24.5 Å². The van der Waals surface area contributed by atoms with Gasteiger partial charge in [-0.3, -0.25) is 4.79 Å². The Labute approximate surface area is 153 Å². The molecule has 0 bridgehead atoms. The fourth-order valence-corrected chi connectivity index (χ4v) is 6.41. The van der Waals surface area contributed by atoms with Crippen molar-refractivity contribution in [3.05, 3.63) is 17.0 Å². The van der Waals surface area contributed by atoms with E-state index in [0.717, 1.165) is 37.0 Å². The quantitative estimate of drug-likeness (QED) is 0.747. The molecule has 6 nitrogen and oxygen atoms in total. The van der Waals surface area contributed by atoms with Crippen LogP contribution in [0.25, 0.3) is 0 Å². The van der Waals surface area contributed by atoms with Crippen molar-refractivity contribution >= 4 is 27.3 Å². The molecule has 3 N–H and O–H groups in total. The van der Waals surface area contributed by atoms with Crippen molar-refractivity contribution in [1.29, 1.82) is 0 Å². The Morgan fingerprint density at radius 1 is 1.32 bits per heavy atom. The van der Waals surface area contributed by atoms with Gasteiger partial charge in [0.25, 0.3) is 10.0 Å². The largest absolute Gasteiger partial charge is 0.349 e. The molecule has 140 valence electrons. The second kappa shape index (κ2) is 7.34. The molecule has 1 aliphatic carbocycles. The summed E-state index contributed by atoms with van der Waals surface area (Å²) >= 11 is 1.20. The van der Waals surface area contributed by atoms with Crippen LogP contribution in [-0.4, -0.2) is 43.8 Å². The van der Waals surface area contributed by atoms with E-state index in [1.807, 2.05) is 6.92 Å². The van der Waals surface area contributed by atoms with Crippen molar-refractivity contribution in [2.24, 2.45) is 11.7 Å². The van der Waals surface area contributed by atoms with Crippen LogP contribution in [-0.2, 0) is 21.2 Å². The summed E-state index contributed by atoms with van der Waals surface area (Å²) in [6.07, 6.45) is 5.32. The normalized spacial score (nSPS) is 21.7. The Morgan fingerprint density at radius 3 is 2.60 bits per heavy atom. The molecule has 1 aliphatic heterocycles. The number of hydrogen-bond donors (Lipinski definition) is 2. The van der Waals surface area contributed by atoms with Crippen LogP contribution in [0.1, 0.15) is 43.9 Å². The maximum atomic E-state index is 12.7. The number of rotatable bonds is 7. The first-order valence-electron chi connectivity index (χ1n) is 8.95. The van der Waals surface area contributed by atoms with Crippen LogP contribution in [0.4, 0.5) is 0 Å².